The van der Waals surface area contributed by atoms with E-state index in [2.05, 4.69) is 29.9 Å². The summed E-state index contributed by atoms with van der Waals surface area (Å²) >= 11 is 12.4. The zero-order valence-corrected chi connectivity index (χ0v) is 19.3. The molecule has 13 heteroatoms. The van der Waals surface area contributed by atoms with Gasteiger partial charge >= 0.3 is 0 Å². The molecule has 7 rings (SSSR count). The average Bonchev–Trinajstić information content (AvgIpc) is 3.58. The number of aromatic nitrogens is 8. The van der Waals surface area contributed by atoms with Gasteiger partial charge in [0.05, 0.1) is 25.7 Å². The second-order valence-electron chi connectivity index (χ2n) is 8.73. The number of hydrogen-bond acceptors (Lipinski definition) is 9. The molecular formula is C22H16Cl2N8O3. The van der Waals surface area contributed by atoms with Gasteiger partial charge in [-0.15, -0.1) is 0 Å². The van der Waals surface area contributed by atoms with Crippen LogP contribution in [-0.4, -0.2) is 61.5 Å². The summed E-state index contributed by atoms with van der Waals surface area (Å²) in [5.41, 5.74) is 0.912. The first-order valence-electron chi connectivity index (χ1n) is 10.7. The maximum absolute atomic E-state index is 11.4. The predicted molar refractivity (Wildman–Crippen MR) is 124 cm³/mol. The van der Waals surface area contributed by atoms with E-state index < -0.39 is 23.4 Å². The van der Waals surface area contributed by atoms with Crippen LogP contribution in [0.1, 0.15) is 11.1 Å². The van der Waals surface area contributed by atoms with Gasteiger partial charge in [0.15, 0.2) is 21.6 Å². The van der Waals surface area contributed by atoms with Crippen molar-refractivity contribution in [2.75, 3.05) is 0 Å². The van der Waals surface area contributed by atoms with Crippen LogP contribution in [0.25, 0.3) is 22.3 Å². The van der Waals surface area contributed by atoms with E-state index in [4.69, 9.17) is 27.9 Å². The molecule has 6 heterocycles. The molecule has 1 fully saturated rings. The molecule has 4 atom stereocenters. The maximum Gasteiger partial charge on any atom is 0.164 e. The molecule has 176 valence electrons. The van der Waals surface area contributed by atoms with Crippen molar-refractivity contribution in [3.63, 3.8) is 0 Å². The van der Waals surface area contributed by atoms with E-state index >= 15 is 0 Å². The van der Waals surface area contributed by atoms with Crippen LogP contribution < -0.4 is 0 Å². The molecule has 4 aromatic heterocycles. The van der Waals surface area contributed by atoms with Crippen LogP contribution in [0.2, 0.25) is 10.3 Å². The van der Waals surface area contributed by atoms with E-state index in [0.29, 0.717) is 22.3 Å². The van der Waals surface area contributed by atoms with Crippen molar-refractivity contribution in [3.8, 4) is 0 Å². The van der Waals surface area contributed by atoms with Crippen molar-refractivity contribution in [2.24, 2.45) is 0 Å². The summed E-state index contributed by atoms with van der Waals surface area (Å²) in [6.45, 7) is 0.291. The Bertz CT molecular complexity index is 1520. The van der Waals surface area contributed by atoms with Crippen LogP contribution in [0.15, 0.2) is 49.6 Å². The monoisotopic (exact) mass is 510 g/mol. The Balaban J connectivity index is 1.37. The van der Waals surface area contributed by atoms with Gasteiger partial charge in [-0.3, -0.25) is 0 Å². The fourth-order valence-corrected chi connectivity index (χ4v) is 5.82. The molecule has 0 aliphatic carbocycles. The molecule has 2 aliphatic heterocycles. The van der Waals surface area contributed by atoms with E-state index in [1.165, 1.54) is 12.7 Å². The van der Waals surface area contributed by atoms with E-state index in [9.17, 15) is 10.2 Å². The van der Waals surface area contributed by atoms with Crippen molar-refractivity contribution in [1.29, 1.82) is 0 Å². The summed E-state index contributed by atoms with van der Waals surface area (Å²) in [4.78, 5) is 25.2. The number of hydrogen-bond donors (Lipinski definition) is 2. The summed E-state index contributed by atoms with van der Waals surface area (Å²) in [6, 6.07) is 7.56. The second kappa shape index (κ2) is 7.15. The SMILES string of the molecule is O[C@@H]1[C@H](O)[C@]2(Cn3cnc4c(Cl)ncnc43)O[C@@]1(Cn1cnc3c(Cl)ncnc31)c1ccccc12. The zero-order chi connectivity index (χ0) is 23.9. The summed E-state index contributed by atoms with van der Waals surface area (Å²) in [6.07, 6.45) is 3.38. The van der Waals surface area contributed by atoms with Gasteiger partial charge in [-0.1, -0.05) is 47.5 Å². The molecule has 0 radical (unpaired) electrons. The highest BCUT2D eigenvalue weighted by atomic mass is 35.5. The number of rotatable bonds is 4. The summed E-state index contributed by atoms with van der Waals surface area (Å²) < 4.78 is 10.2. The van der Waals surface area contributed by atoms with Crippen molar-refractivity contribution < 1.29 is 14.9 Å². The van der Waals surface area contributed by atoms with Crippen molar-refractivity contribution in [1.82, 2.24) is 39.0 Å². The number of nitrogens with zero attached hydrogens (tertiary/aromatic N) is 8. The van der Waals surface area contributed by atoms with Gasteiger partial charge in [-0.25, -0.2) is 29.9 Å². The smallest absolute Gasteiger partial charge is 0.164 e. The summed E-state index contributed by atoms with van der Waals surface area (Å²) in [5, 5.41) is 23.3. The van der Waals surface area contributed by atoms with Gasteiger partial charge < -0.3 is 24.1 Å². The summed E-state index contributed by atoms with van der Waals surface area (Å²) in [7, 11) is 0. The minimum absolute atomic E-state index is 0.145. The van der Waals surface area contributed by atoms with Crippen LogP contribution >= 0.6 is 23.2 Å². The molecule has 1 saturated heterocycles. The third-order valence-corrected chi connectivity index (χ3v) is 7.53. The lowest BCUT2D eigenvalue weighted by Gasteiger charge is -2.35. The van der Waals surface area contributed by atoms with Gasteiger partial charge in [-0.05, 0) is 11.1 Å². The van der Waals surface area contributed by atoms with Crippen LogP contribution in [0.4, 0.5) is 0 Å². The molecule has 5 aromatic rings. The maximum atomic E-state index is 11.4. The predicted octanol–water partition coefficient (Wildman–Crippen LogP) is 1.83. The highest BCUT2D eigenvalue weighted by molar-refractivity contribution is 6.33. The Morgan fingerprint density at radius 3 is 1.66 bits per heavy atom. The normalized spacial score (nSPS) is 27.2. The first-order chi connectivity index (χ1) is 16.9. The average molecular weight is 511 g/mol. The minimum atomic E-state index is -1.26. The Labute approximate surface area is 207 Å². The lowest BCUT2D eigenvalue weighted by atomic mass is 9.73. The molecule has 0 amide bonds. The van der Waals surface area contributed by atoms with Gasteiger partial charge in [-0.2, -0.15) is 0 Å². The highest BCUT2D eigenvalue weighted by Gasteiger charge is 2.70. The third-order valence-electron chi connectivity index (χ3n) is 6.98. The lowest BCUT2D eigenvalue weighted by molar-refractivity contribution is -0.131. The number of imidazole rings is 2. The molecule has 0 unspecified atom stereocenters. The van der Waals surface area contributed by atoms with Crippen molar-refractivity contribution in [2.45, 2.75) is 36.5 Å². The minimum Gasteiger partial charge on any atom is -0.387 e. The molecule has 1 aromatic carbocycles. The molecule has 35 heavy (non-hydrogen) atoms. The van der Waals surface area contributed by atoms with E-state index in [1.54, 1.807) is 21.8 Å². The quantitative estimate of drug-likeness (QED) is 0.346. The van der Waals surface area contributed by atoms with Gasteiger partial charge in [0.25, 0.3) is 0 Å². The number of halogens is 2. The molecule has 2 N–H and O–H groups in total. The van der Waals surface area contributed by atoms with Crippen LogP contribution in [-0.2, 0) is 29.0 Å². The van der Waals surface area contributed by atoms with Crippen molar-refractivity contribution in [3.05, 3.63) is 71.0 Å². The summed E-state index contributed by atoms with van der Waals surface area (Å²) in [5.74, 6) is 0. The Morgan fingerprint density at radius 2 is 1.20 bits per heavy atom. The standard InChI is InChI=1S/C22H16Cl2N8O3/c23-17-13-19(27-7-25-17)31(9-29-13)5-21-11-3-1-2-4-12(11)22(35-21,16(34)15(21)33)6-32-10-30-14-18(24)26-8-28-20(14)32/h1-4,7-10,15-16,33-34H,5-6H2/t15-,16+,21+,22-. The topological polar surface area (TPSA) is 137 Å². The molecule has 11 nitrogen and oxygen atoms in total. The zero-order valence-electron chi connectivity index (χ0n) is 17.8. The van der Waals surface area contributed by atoms with Gasteiger partial charge in [0.2, 0.25) is 0 Å². The first kappa shape index (κ1) is 21.1. The largest absolute Gasteiger partial charge is 0.387 e. The molecule has 2 aliphatic rings. The first-order valence-corrected chi connectivity index (χ1v) is 11.5. The fourth-order valence-electron chi connectivity index (χ4n) is 5.47. The molecule has 0 spiro atoms. The van der Waals surface area contributed by atoms with E-state index in [1.807, 2.05) is 24.3 Å². The van der Waals surface area contributed by atoms with Gasteiger partial charge in [0.1, 0.15) is 47.1 Å². The molecule has 0 saturated carbocycles. The number of fused-ring (bicyclic) bond motifs is 7. The van der Waals surface area contributed by atoms with Crippen LogP contribution in [0.3, 0.4) is 0 Å². The van der Waals surface area contributed by atoms with Gasteiger partial charge in [0, 0.05) is 0 Å². The van der Waals surface area contributed by atoms with Crippen LogP contribution in [0.5, 0.6) is 0 Å². The highest BCUT2D eigenvalue weighted by Crippen LogP contribution is 2.60. The lowest BCUT2D eigenvalue weighted by Crippen LogP contribution is -2.49. The van der Waals surface area contributed by atoms with Crippen LogP contribution in [0, 0.1) is 0 Å². The molecule has 2 bridgehead atoms. The number of ether oxygens (including phenoxy) is 1. The Kier molecular flexibility index (Phi) is 4.31. The molecular weight excluding hydrogens is 495 g/mol. The number of benzene rings is 1. The van der Waals surface area contributed by atoms with Crippen molar-refractivity contribution >= 4 is 45.5 Å². The number of aliphatic hydroxyl groups excluding tert-OH is 2. The third kappa shape index (κ3) is 2.67. The van der Waals surface area contributed by atoms with E-state index in [0.717, 1.165) is 11.1 Å². The van der Waals surface area contributed by atoms with E-state index in [-0.39, 0.29) is 23.4 Å². The fraction of sp³-hybridized carbons (Fsp3) is 0.273. The Morgan fingerprint density at radius 1 is 0.743 bits per heavy atom. The second-order valence-corrected chi connectivity index (χ2v) is 9.45. The Hall–Kier alpha value is -3.22. The number of aliphatic hydroxyl groups is 2.